The second kappa shape index (κ2) is 1.58. The number of aliphatic hydroxyl groups excluding tert-OH is 1. The van der Waals surface area contributed by atoms with Crippen LogP contribution in [-0.2, 0) is 5.11 Å². The van der Waals surface area contributed by atoms with E-state index in [1.807, 2.05) is 0 Å². The van der Waals surface area contributed by atoms with Crippen molar-refractivity contribution in [2.45, 2.75) is 19.4 Å². The first-order valence-corrected chi connectivity index (χ1v) is 1.87. The third-order valence-electron chi connectivity index (χ3n) is 0.381. The summed E-state index contributed by atoms with van der Waals surface area (Å²) in [7, 11) is 0. The Bertz CT molecular complexity index is 35.3. The van der Waals surface area contributed by atoms with Crippen molar-refractivity contribution in [2.24, 2.45) is 0 Å². The molecule has 2 nitrogen and oxygen atoms in total. The first kappa shape index (κ1) is 5.92. The summed E-state index contributed by atoms with van der Waals surface area (Å²) in [4.78, 5) is 0. The van der Waals surface area contributed by atoms with E-state index >= 15 is 0 Å². The van der Waals surface area contributed by atoms with Gasteiger partial charge in [0.05, 0.1) is 6.61 Å². The Kier molecular flexibility index (Phi) is 1.56. The molecule has 0 unspecified atom stereocenters. The van der Waals surface area contributed by atoms with Crippen molar-refractivity contribution in [3.05, 3.63) is 0 Å². The van der Waals surface area contributed by atoms with Gasteiger partial charge in [0.15, 0.2) is 0 Å². The molecule has 0 spiro atoms. The molecule has 0 heterocycles. The minimum atomic E-state index is -1.15. The molecule has 0 fully saturated rings. The number of hydrogen-bond donors (Lipinski definition) is 1. The Morgan fingerprint density at radius 3 is 1.83 bits per heavy atom. The average Bonchev–Trinajstić information content (AvgIpc) is 1.35. The Morgan fingerprint density at radius 2 is 1.83 bits per heavy atom. The summed E-state index contributed by atoms with van der Waals surface area (Å²) in [5.41, 5.74) is -1.15. The van der Waals surface area contributed by atoms with Crippen molar-refractivity contribution in [2.75, 3.05) is 6.61 Å². The van der Waals surface area contributed by atoms with Crippen LogP contribution in [-0.4, -0.2) is 17.3 Å². The highest BCUT2D eigenvalue weighted by Gasteiger charge is 2.10. The molecule has 0 aliphatic rings. The highest BCUT2D eigenvalue weighted by Crippen LogP contribution is 1.96. The molecule has 0 aromatic rings. The van der Waals surface area contributed by atoms with Crippen LogP contribution in [0.5, 0.6) is 0 Å². The van der Waals surface area contributed by atoms with Crippen LogP contribution in [0, 0.1) is 0 Å². The molecular formula is C4H9O2. The Labute approximate surface area is 37.4 Å². The van der Waals surface area contributed by atoms with E-state index in [1.54, 1.807) is 0 Å². The van der Waals surface area contributed by atoms with Crippen LogP contribution >= 0.6 is 0 Å². The summed E-state index contributed by atoms with van der Waals surface area (Å²) in [5, 5.41) is 18.3. The fraction of sp³-hybridized carbons (Fsp3) is 1.00. The standard InChI is InChI=1S/C4H9O2/c1-4(2,6)3-5/h5H,3H2,1-2H3. The lowest BCUT2D eigenvalue weighted by Gasteiger charge is -2.06. The van der Waals surface area contributed by atoms with Gasteiger partial charge in [0, 0.05) is 0 Å². The molecule has 0 aromatic heterocycles. The Balaban J connectivity index is 3.17. The van der Waals surface area contributed by atoms with E-state index in [0.29, 0.717) is 0 Å². The molecule has 2 heteroatoms. The van der Waals surface area contributed by atoms with Crippen molar-refractivity contribution in [1.29, 1.82) is 0 Å². The number of rotatable bonds is 1. The topological polar surface area (TPSA) is 40.1 Å². The SMILES string of the molecule is CC(C)([O])CO. The van der Waals surface area contributed by atoms with Gasteiger partial charge in [-0.05, 0) is 13.8 Å². The Morgan fingerprint density at radius 1 is 1.67 bits per heavy atom. The smallest absolute Gasteiger partial charge is 0.121 e. The summed E-state index contributed by atoms with van der Waals surface area (Å²) in [6, 6.07) is 0. The third kappa shape index (κ3) is 3.92. The average molecular weight is 89.1 g/mol. The predicted molar refractivity (Wildman–Crippen MR) is 21.9 cm³/mol. The summed E-state index contributed by atoms with van der Waals surface area (Å²) in [6.45, 7) is 2.59. The largest absolute Gasteiger partial charge is 0.393 e. The van der Waals surface area contributed by atoms with Crippen molar-refractivity contribution < 1.29 is 10.2 Å². The van der Waals surface area contributed by atoms with Crippen molar-refractivity contribution in [1.82, 2.24) is 0 Å². The molecule has 0 aromatic carbocycles. The summed E-state index contributed by atoms with van der Waals surface area (Å²) in [5.74, 6) is 0. The van der Waals surface area contributed by atoms with Crippen molar-refractivity contribution >= 4 is 0 Å². The lowest BCUT2D eigenvalue weighted by atomic mass is 10.2. The van der Waals surface area contributed by atoms with E-state index in [4.69, 9.17) is 5.11 Å². The lowest BCUT2D eigenvalue weighted by Crippen LogP contribution is -2.21. The number of aliphatic hydroxyl groups is 1. The van der Waals surface area contributed by atoms with Crippen LogP contribution in [0.4, 0.5) is 0 Å². The highest BCUT2D eigenvalue weighted by atomic mass is 16.3. The van der Waals surface area contributed by atoms with Gasteiger partial charge in [-0.2, -0.15) is 0 Å². The molecule has 0 atom stereocenters. The monoisotopic (exact) mass is 89.1 g/mol. The zero-order chi connectivity index (χ0) is 5.21. The maximum atomic E-state index is 10.2. The molecule has 0 bridgehead atoms. The van der Waals surface area contributed by atoms with Gasteiger partial charge < -0.3 is 5.11 Å². The third-order valence-corrected chi connectivity index (χ3v) is 0.381. The molecule has 0 saturated carbocycles. The second-order valence-electron chi connectivity index (χ2n) is 1.92. The van der Waals surface area contributed by atoms with Crippen LogP contribution in [0.2, 0.25) is 0 Å². The quantitative estimate of drug-likeness (QED) is 0.489. The van der Waals surface area contributed by atoms with Gasteiger partial charge in [0.1, 0.15) is 5.60 Å². The molecule has 0 aliphatic heterocycles. The van der Waals surface area contributed by atoms with E-state index in [-0.39, 0.29) is 6.61 Å². The van der Waals surface area contributed by atoms with Crippen LogP contribution in [0.3, 0.4) is 0 Å². The summed E-state index contributed by atoms with van der Waals surface area (Å²) in [6.07, 6.45) is 0. The zero-order valence-electron chi connectivity index (χ0n) is 4.06. The molecule has 0 aliphatic carbocycles. The molecule has 0 rings (SSSR count). The van der Waals surface area contributed by atoms with E-state index in [1.165, 1.54) is 13.8 Å². The van der Waals surface area contributed by atoms with Crippen molar-refractivity contribution in [3.8, 4) is 0 Å². The van der Waals surface area contributed by atoms with E-state index in [0.717, 1.165) is 0 Å². The summed E-state index contributed by atoms with van der Waals surface area (Å²) >= 11 is 0. The van der Waals surface area contributed by atoms with Crippen molar-refractivity contribution in [3.63, 3.8) is 0 Å². The van der Waals surface area contributed by atoms with Gasteiger partial charge >= 0.3 is 0 Å². The van der Waals surface area contributed by atoms with E-state index in [9.17, 15) is 5.11 Å². The van der Waals surface area contributed by atoms with E-state index < -0.39 is 5.60 Å². The zero-order valence-corrected chi connectivity index (χ0v) is 4.06. The predicted octanol–water partition coefficient (Wildman–Crippen LogP) is 0.188. The van der Waals surface area contributed by atoms with Gasteiger partial charge in [-0.1, -0.05) is 0 Å². The van der Waals surface area contributed by atoms with Gasteiger partial charge in [-0.3, -0.25) is 0 Å². The minimum absolute atomic E-state index is 0.285. The van der Waals surface area contributed by atoms with Gasteiger partial charge in [-0.25, -0.2) is 5.11 Å². The lowest BCUT2D eigenvalue weighted by molar-refractivity contribution is -0.0400. The van der Waals surface area contributed by atoms with Gasteiger partial charge in [0.2, 0.25) is 0 Å². The van der Waals surface area contributed by atoms with Crippen LogP contribution in [0.15, 0.2) is 0 Å². The second-order valence-corrected chi connectivity index (χ2v) is 1.92. The minimum Gasteiger partial charge on any atom is -0.393 e. The van der Waals surface area contributed by atoms with Crippen LogP contribution < -0.4 is 0 Å². The van der Waals surface area contributed by atoms with Gasteiger partial charge in [0.25, 0.3) is 0 Å². The first-order chi connectivity index (χ1) is 2.56. The molecule has 0 amide bonds. The number of hydrogen-bond acceptors (Lipinski definition) is 1. The molecule has 1 radical (unpaired) electrons. The van der Waals surface area contributed by atoms with Gasteiger partial charge in [-0.15, -0.1) is 0 Å². The Hall–Kier alpha value is -0.0800. The summed E-state index contributed by atoms with van der Waals surface area (Å²) < 4.78 is 0. The molecule has 6 heavy (non-hydrogen) atoms. The molecule has 37 valence electrons. The highest BCUT2D eigenvalue weighted by molar-refractivity contribution is 4.59. The normalized spacial score (nSPS) is 12.0. The fourth-order valence-electron chi connectivity index (χ4n) is 0. The van der Waals surface area contributed by atoms with E-state index in [2.05, 4.69) is 0 Å². The molecular weight excluding hydrogens is 80.0 g/mol. The maximum absolute atomic E-state index is 10.2. The molecule has 1 N–H and O–H groups in total. The first-order valence-electron chi connectivity index (χ1n) is 1.87. The van der Waals surface area contributed by atoms with Crippen LogP contribution in [0.1, 0.15) is 13.8 Å². The van der Waals surface area contributed by atoms with Crippen LogP contribution in [0.25, 0.3) is 0 Å². The molecule has 0 saturated heterocycles. The maximum Gasteiger partial charge on any atom is 0.121 e. The fourth-order valence-corrected chi connectivity index (χ4v) is 0.